The van der Waals surface area contributed by atoms with E-state index >= 15 is 0 Å². The molecule has 0 radical (unpaired) electrons. The number of nitrogens with one attached hydrogen (secondary N) is 1. The van der Waals surface area contributed by atoms with Gasteiger partial charge in [0.25, 0.3) is 11.8 Å². The van der Waals surface area contributed by atoms with Gasteiger partial charge in [-0.1, -0.05) is 0 Å². The second kappa shape index (κ2) is 12.7. The Morgan fingerprint density at radius 1 is 1.29 bits per heavy atom. The zero-order valence-corrected chi connectivity index (χ0v) is 20.2. The lowest BCUT2D eigenvalue weighted by molar-refractivity contribution is -0.127. The Hall–Kier alpha value is -2.72. The molecule has 1 fully saturated rings. The second-order valence-electron chi connectivity index (χ2n) is 9.18. The number of nitrogens with zero attached hydrogens (tertiary/aromatic N) is 2. The Balaban J connectivity index is 1.73. The van der Waals surface area contributed by atoms with Gasteiger partial charge in [0.15, 0.2) is 11.6 Å². The lowest BCUT2D eigenvalue weighted by Crippen LogP contribution is -2.44. The van der Waals surface area contributed by atoms with Crippen LogP contribution in [0.15, 0.2) is 23.2 Å². The molecule has 10 heteroatoms. The standard InChI is InChI=1S/C24H37FN4O5/c1-16-13-19(6-7-20(16)21(32)27-18(14-30)15-31)34-12-4-5-17-8-10-29(11-9-17)23(26)28-22(33)24(2,3)25/h6-7,13,17-18,30-31H,4-5,8-12,14-15H2,1-3H3,(H,27,32)(H2,26,28,33). The number of benzene rings is 1. The summed E-state index contributed by atoms with van der Waals surface area (Å²) in [6, 6.07) is 4.50. The molecule has 2 amide bonds. The van der Waals surface area contributed by atoms with Crippen molar-refractivity contribution >= 4 is 17.8 Å². The summed E-state index contributed by atoms with van der Waals surface area (Å²) in [5.74, 6) is 0.0434. The lowest BCUT2D eigenvalue weighted by Gasteiger charge is -2.32. The van der Waals surface area contributed by atoms with Gasteiger partial charge in [0.1, 0.15) is 5.75 Å². The van der Waals surface area contributed by atoms with Gasteiger partial charge in [-0.3, -0.25) is 9.59 Å². The predicted octanol–water partition coefficient (Wildman–Crippen LogP) is 1.54. The Labute approximate surface area is 200 Å². The molecule has 0 aliphatic carbocycles. The normalized spacial score (nSPS) is 15.5. The van der Waals surface area contributed by atoms with E-state index < -0.39 is 17.6 Å². The fraction of sp³-hybridized carbons (Fsp3) is 0.625. The van der Waals surface area contributed by atoms with Crippen molar-refractivity contribution in [1.82, 2.24) is 10.2 Å². The highest BCUT2D eigenvalue weighted by Gasteiger charge is 2.28. The van der Waals surface area contributed by atoms with E-state index in [4.69, 9.17) is 20.7 Å². The molecule has 0 spiro atoms. The number of aliphatic imine (C=N–C) groups is 1. The summed E-state index contributed by atoms with van der Waals surface area (Å²) in [4.78, 5) is 29.5. The number of likely N-dealkylation sites (tertiary alicyclic amines) is 1. The summed E-state index contributed by atoms with van der Waals surface area (Å²) in [6.45, 7) is 5.37. The number of hydrogen-bond donors (Lipinski definition) is 4. The van der Waals surface area contributed by atoms with Gasteiger partial charge in [-0.25, -0.2) is 4.39 Å². The van der Waals surface area contributed by atoms with Crippen molar-refractivity contribution in [2.24, 2.45) is 16.6 Å². The zero-order chi connectivity index (χ0) is 25.3. The molecular weight excluding hydrogens is 443 g/mol. The van der Waals surface area contributed by atoms with Crippen LogP contribution in [0.5, 0.6) is 5.75 Å². The number of nitrogens with two attached hydrogens (primary N) is 1. The molecule has 0 bridgehead atoms. The highest BCUT2D eigenvalue weighted by molar-refractivity contribution is 5.96. The summed E-state index contributed by atoms with van der Waals surface area (Å²) in [7, 11) is 0. The predicted molar refractivity (Wildman–Crippen MR) is 127 cm³/mol. The zero-order valence-electron chi connectivity index (χ0n) is 20.2. The Morgan fingerprint density at radius 3 is 2.50 bits per heavy atom. The van der Waals surface area contributed by atoms with E-state index in [2.05, 4.69) is 10.3 Å². The molecule has 1 aliphatic heterocycles. The summed E-state index contributed by atoms with van der Waals surface area (Å²) < 4.78 is 19.5. The van der Waals surface area contributed by atoms with Crippen LogP contribution >= 0.6 is 0 Å². The third-order valence-electron chi connectivity index (χ3n) is 5.91. The van der Waals surface area contributed by atoms with Gasteiger partial charge in [-0.2, -0.15) is 4.99 Å². The maximum absolute atomic E-state index is 13.6. The molecule has 0 saturated carbocycles. The first-order valence-corrected chi connectivity index (χ1v) is 11.6. The second-order valence-corrected chi connectivity index (χ2v) is 9.18. The summed E-state index contributed by atoms with van der Waals surface area (Å²) in [5, 5.41) is 20.8. The molecule has 0 unspecified atom stereocenters. The van der Waals surface area contributed by atoms with E-state index in [9.17, 15) is 14.0 Å². The summed E-state index contributed by atoms with van der Waals surface area (Å²) >= 11 is 0. The molecule has 190 valence electrons. The first-order chi connectivity index (χ1) is 16.0. The summed E-state index contributed by atoms with van der Waals surface area (Å²) in [5.41, 5.74) is 5.05. The molecule has 0 atom stereocenters. The van der Waals surface area contributed by atoms with Gasteiger partial charge >= 0.3 is 0 Å². The minimum absolute atomic E-state index is 0.0771. The number of aryl methyl sites for hydroxylation is 1. The van der Waals surface area contributed by atoms with Crippen LogP contribution in [-0.2, 0) is 4.79 Å². The van der Waals surface area contributed by atoms with E-state index in [1.54, 1.807) is 25.1 Å². The first kappa shape index (κ1) is 27.5. The number of hydrogen-bond acceptors (Lipinski definition) is 5. The fourth-order valence-electron chi connectivity index (χ4n) is 3.71. The molecule has 1 aromatic rings. The molecule has 0 aromatic heterocycles. The number of aliphatic hydroxyl groups is 2. The van der Waals surface area contributed by atoms with Crippen LogP contribution in [-0.4, -0.2) is 77.5 Å². The largest absolute Gasteiger partial charge is 0.494 e. The van der Waals surface area contributed by atoms with Gasteiger partial charge in [0.2, 0.25) is 0 Å². The molecule has 1 saturated heterocycles. The van der Waals surface area contributed by atoms with E-state index in [0.717, 1.165) is 31.2 Å². The van der Waals surface area contributed by atoms with Crippen LogP contribution in [0.25, 0.3) is 0 Å². The molecule has 5 N–H and O–H groups in total. The number of guanidine groups is 1. The molecule has 2 rings (SSSR count). The van der Waals surface area contributed by atoms with Gasteiger partial charge in [-0.15, -0.1) is 0 Å². The Morgan fingerprint density at radius 2 is 1.94 bits per heavy atom. The third kappa shape index (κ3) is 8.25. The average molecular weight is 481 g/mol. The van der Waals surface area contributed by atoms with Crippen molar-refractivity contribution in [1.29, 1.82) is 0 Å². The minimum atomic E-state index is -2.03. The van der Waals surface area contributed by atoms with E-state index in [0.29, 0.717) is 36.9 Å². The molecule has 1 aliphatic rings. The third-order valence-corrected chi connectivity index (χ3v) is 5.91. The van der Waals surface area contributed by atoms with Crippen LogP contribution in [0.1, 0.15) is 55.5 Å². The van der Waals surface area contributed by atoms with Crippen molar-refractivity contribution in [3.8, 4) is 5.75 Å². The van der Waals surface area contributed by atoms with Crippen LogP contribution in [0.2, 0.25) is 0 Å². The number of alkyl halides is 1. The molecule has 9 nitrogen and oxygen atoms in total. The van der Waals surface area contributed by atoms with Crippen molar-refractivity contribution in [2.75, 3.05) is 32.9 Å². The van der Waals surface area contributed by atoms with E-state index in [1.807, 2.05) is 4.90 Å². The topological polar surface area (TPSA) is 137 Å². The quantitative estimate of drug-likeness (QED) is 0.226. The number of halogens is 1. The monoisotopic (exact) mass is 480 g/mol. The Kier molecular flexibility index (Phi) is 10.2. The molecule has 1 heterocycles. The van der Waals surface area contributed by atoms with E-state index in [1.165, 1.54) is 13.8 Å². The fourth-order valence-corrected chi connectivity index (χ4v) is 3.71. The SMILES string of the molecule is Cc1cc(OCCCC2CCN(C(N)=NC(=O)C(C)(C)F)CC2)ccc1C(=O)NC(CO)CO. The van der Waals surface area contributed by atoms with Crippen molar-refractivity contribution in [3.05, 3.63) is 29.3 Å². The van der Waals surface area contributed by atoms with Gasteiger partial charge < -0.3 is 30.9 Å². The van der Waals surface area contributed by atoms with Crippen molar-refractivity contribution in [2.45, 2.75) is 58.2 Å². The molecule has 34 heavy (non-hydrogen) atoms. The van der Waals surface area contributed by atoms with Crippen LogP contribution < -0.4 is 15.8 Å². The number of rotatable bonds is 10. The number of carbonyl (C=O) groups excluding carboxylic acids is 2. The highest BCUT2D eigenvalue weighted by Crippen LogP contribution is 2.23. The first-order valence-electron chi connectivity index (χ1n) is 11.6. The van der Waals surface area contributed by atoms with Gasteiger partial charge in [0, 0.05) is 18.7 Å². The number of piperidine rings is 1. The smallest absolute Gasteiger partial charge is 0.285 e. The lowest BCUT2D eigenvalue weighted by atomic mass is 9.92. The number of ether oxygens (including phenoxy) is 1. The van der Waals surface area contributed by atoms with Crippen molar-refractivity contribution < 1.29 is 28.9 Å². The van der Waals surface area contributed by atoms with Crippen LogP contribution in [0, 0.1) is 12.8 Å². The van der Waals surface area contributed by atoms with Crippen LogP contribution in [0.4, 0.5) is 4.39 Å². The van der Waals surface area contributed by atoms with E-state index in [-0.39, 0.29) is 25.1 Å². The maximum atomic E-state index is 13.6. The Bertz CT molecular complexity index is 859. The molecule has 1 aromatic carbocycles. The maximum Gasteiger partial charge on any atom is 0.285 e. The van der Waals surface area contributed by atoms with Crippen LogP contribution in [0.3, 0.4) is 0 Å². The number of aliphatic hydroxyl groups excluding tert-OH is 2. The van der Waals surface area contributed by atoms with Gasteiger partial charge in [0.05, 0.1) is 25.9 Å². The van der Waals surface area contributed by atoms with Gasteiger partial charge in [-0.05, 0) is 76.1 Å². The number of amides is 2. The van der Waals surface area contributed by atoms with Crippen molar-refractivity contribution in [3.63, 3.8) is 0 Å². The molecular formula is C24H37FN4O5. The average Bonchev–Trinajstić information content (AvgIpc) is 2.79. The number of carbonyl (C=O) groups is 2. The minimum Gasteiger partial charge on any atom is -0.494 e. The summed E-state index contributed by atoms with van der Waals surface area (Å²) in [6.07, 6.45) is 3.69. The highest BCUT2D eigenvalue weighted by atomic mass is 19.1.